The molecular weight excluding hydrogens is 166 g/mol. The second-order valence-electron chi connectivity index (χ2n) is 3.60. The Morgan fingerprint density at radius 1 is 1.46 bits per heavy atom. The second kappa shape index (κ2) is 3.01. The maximum Gasteiger partial charge on any atom is 0.115 e. The van der Waals surface area contributed by atoms with Crippen molar-refractivity contribution >= 4 is 0 Å². The van der Waals surface area contributed by atoms with Gasteiger partial charge in [-0.05, 0) is 30.3 Å². The van der Waals surface area contributed by atoms with E-state index < -0.39 is 6.10 Å². The Labute approximate surface area is 77.2 Å². The van der Waals surface area contributed by atoms with Crippen LogP contribution in [0.2, 0.25) is 0 Å². The molecule has 0 saturated carbocycles. The van der Waals surface area contributed by atoms with Gasteiger partial charge in [0.05, 0.1) is 6.10 Å². The van der Waals surface area contributed by atoms with E-state index >= 15 is 0 Å². The quantitative estimate of drug-likeness (QED) is 0.621. The molecule has 0 amide bonds. The maximum atomic E-state index is 9.70. The van der Waals surface area contributed by atoms with Crippen molar-refractivity contribution in [3.05, 3.63) is 29.3 Å². The average Bonchev–Trinajstić information content (AvgIpc) is 2.06. The molecule has 70 valence electrons. The predicted octanol–water partition coefficient (Wildman–Crippen LogP) is 0.871. The molecule has 13 heavy (non-hydrogen) atoms. The summed E-state index contributed by atoms with van der Waals surface area (Å²) < 4.78 is 0. The van der Waals surface area contributed by atoms with Crippen LogP contribution in [0.1, 0.15) is 17.2 Å². The van der Waals surface area contributed by atoms with Crippen molar-refractivity contribution in [1.82, 2.24) is 4.90 Å². The fourth-order valence-corrected chi connectivity index (χ4v) is 1.79. The lowest BCUT2D eigenvalue weighted by molar-refractivity contribution is 0.107. The number of nitrogens with zero attached hydrogens (tertiary/aromatic N) is 1. The molecule has 0 saturated heterocycles. The minimum Gasteiger partial charge on any atom is -0.508 e. The number of aromatic hydroxyl groups is 1. The van der Waals surface area contributed by atoms with Crippen molar-refractivity contribution in [3.63, 3.8) is 0 Å². The summed E-state index contributed by atoms with van der Waals surface area (Å²) in [4.78, 5) is 2.06. The summed E-state index contributed by atoms with van der Waals surface area (Å²) in [6.07, 6.45) is -0.471. The van der Waals surface area contributed by atoms with Gasteiger partial charge in [0, 0.05) is 13.1 Å². The molecule has 0 bridgehead atoms. The van der Waals surface area contributed by atoms with E-state index in [0.717, 1.165) is 17.7 Å². The van der Waals surface area contributed by atoms with Gasteiger partial charge in [-0.25, -0.2) is 0 Å². The van der Waals surface area contributed by atoms with Gasteiger partial charge < -0.3 is 10.2 Å². The molecule has 2 N–H and O–H groups in total. The fraction of sp³-hybridized carbons (Fsp3) is 0.400. The summed E-state index contributed by atoms with van der Waals surface area (Å²) >= 11 is 0. The summed E-state index contributed by atoms with van der Waals surface area (Å²) in [5, 5.41) is 19.0. The van der Waals surface area contributed by atoms with E-state index in [4.69, 9.17) is 0 Å². The zero-order chi connectivity index (χ0) is 9.42. The van der Waals surface area contributed by atoms with Gasteiger partial charge >= 0.3 is 0 Å². The summed E-state index contributed by atoms with van der Waals surface area (Å²) in [5.74, 6) is 0.224. The van der Waals surface area contributed by atoms with E-state index in [0.29, 0.717) is 6.54 Å². The van der Waals surface area contributed by atoms with Crippen LogP contribution in [0.3, 0.4) is 0 Å². The number of fused-ring (bicyclic) bond motifs is 1. The molecule has 0 aromatic heterocycles. The zero-order valence-corrected chi connectivity index (χ0v) is 7.57. The van der Waals surface area contributed by atoms with Crippen LogP contribution < -0.4 is 0 Å². The van der Waals surface area contributed by atoms with E-state index in [1.54, 1.807) is 12.1 Å². The molecule has 1 unspecified atom stereocenters. The Balaban J connectivity index is 2.43. The minimum absolute atomic E-state index is 0.224. The maximum absolute atomic E-state index is 9.70. The highest BCUT2D eigenvalue weighted by atomic mass is 16.3. The first-order chi connectivity index (χ1) is 6.16. The van der Waals surface area contributed by atoms with E-state index in [-0.39, 0.29) is 5.75 Å². The first kappa shape index (κ1) is 8.53. The summed E-state index contributed by atoms with van der Waals surface area (Å²) in [7, 11) is 1.97. The highest BCUT2D eigenvalue weighted by molar-refractivity contribution is 5.37. The van der Waals surface area contributed by atoms with Crippen molar-refractivity contribution in [2.24, 2.45) is 0 Å². The first-order valence-electron chi connectivity index (χ1n) is 4.35. The molecule has 1 aliphatic rings. The van der Waals surface area contributed by atoms with Crippen LogP contribution in [0.4, 0.5) is 0 Å². The van der Waals surface area contributed by atoms with Gasteiger partial charge in [0.15, 0.2) is 0 Å². The monoisotopic (exact) mass is 179 g/mol. The van der Waals surface area contributed by atoms with E-state index in [1.807, 2.05) is 13.1 Å². The van der Waals surface area contributed by atoms with Gasteiger partial charge in [0.25, 0.3) is 0 Å². The number of aliphatic hydroxyl groups excluding tert-OH is 1. The number of hydrogen-bond donors (Lipinski definition) is 2. The topological polar surface area (TPSA) is 43.7 Å². The lowest BCUT2D eigenvalue weighted by Crippen LogP contribution is -2.30. The van der Waals surface area contributed by atoms with Crippen molar-refractivity contribution in [2.75, 3.05) is 13.6 Å². The highest BCUT2D eigenvalue weighted by Crippen LogP contribution is 2.28. The number of likely N-dealkylation sites (N-methyl/N-ethyl adjacent to an activating group) is 1. The van der Waals surface area contributed by atoms with Crippen LogP contribution in [0.25, 0.3) is 0 Å². The van der Waals surface area contributed by atoms with E-state index in [2.05, 4.69) is 4.90 Å². The molecule has 0 aliphatic carbocycles. The molecule has 1 heterocycles. The molecule has 3 heteroatoms. The lowest BCUT2D eigenvalue weighted by Gasteiger charge is -2.29. The average molecular weight is 179 g/mol. The van der Waals surface area contributed by atoms with Crippen molar-refractivity contribution < 1.29 is 10.2 Å². The Kier molecular flexibility index (Phi) is 1.98. The Hall–Kier alpha value is -1.06. The number of hydrogen-bond acceptors (Lipinski definition) is 3. The molecule has 1 atom stereocenters. The fourth-order valence-electron chi connectivity index (χ4n) is 1.79. The predicted molar refractivity (Wildman–Crippen MR) is 49.4 cm³/mol. The zero-order valence-electron chi connectivity index (χ0n) is 7.57. The molecule has 1 aliphatic heterocycles. The molecule has 0 radical (unpaired) electrons. The minimum atomic E-state index is -0.471. The van der Waals surface area contributed by atoms with Gasteiger partial charge in [-0.1, -0.05) is 6.07 Å². The SMILES string of the molecule is CN1Cc2ccc(O)cc2C(O)C1. The van der Waals surface area contributed by atoms with Crippen LogP contribution in [0, 0.1) is 0 Å². The first-order valence-corrected chi connectivity index (χ1v) is 4.35. The van der Waals surface area contributed by atoms with Gasteiger partial charge in [-0.2, -0.15) is 0 Å². The van der Waals surface area contributed by atoms with Crippen LogP contribution in [-0.2, 0) is 6.54 Å². The molecule has 1 aromatic rings. The van der Waals surface area contributed by atoms with Gasteiger partial charge in [0.1, 0.15) is 5.75 Å². The standard InChI is InChI=1S/C10H13NO2/c1-11-5-7-2-3-8(12)4-9(7)10(13)6-11/h2-4,10,12-13H,5-6H2,1H3. The Bertz CT molecular complexity index is 325. The third-order valence-corrected chi connectivity index (χ3v) is 2.41. The van der Waals surface area contributed by atoms with Crippen LogP contribution >= 0.6 is 0 Å². The molecular formula is C10H13NO2. The summed E-state index contributed by atoms with van der Waals surface area (Å²) in [5.41, 5.74) is 1.96. The normalized spacial score (nSPS) is 22.8. The van der Waals surface area contributed by atoms with Gasteiger partial charge in [-0.15, -0.1) is 0 Å². The third-order valence-electron chi connectivity index (χ3n) is 2.41. The number of β-amino-alcohol motifs (C(OH)–C–C–N with tert-alkyl or cyclic N) is 1. The molecule has 0 spiro atoms. The largest absolute Gasteiger partial charge is 0.508 e. The third kappa shape index (κ3) is 1.53. The van der Waals surface area contributed by atoms with E-state index in [9.17, 15) is 10.2 Å². The van der Waals surface area contributed by atoms with E-state index in [1.165, 1.54) is 0 Å². The number of aliphatic hydroxyl groups is 1. The van der Waals surface area contributed by atoms with Crippen molar-refractivity contribution in [3.8, 4) is 5.75 Å². The number of benzene rings is 1. The van der Waals surface area contributed by atoms with Crippen molar-refractivity contribution in [2.45, 2.75) is 12.6 Å². The van der Waals surface area contributed by atoms with Crippen LogP contribution in [0.5, 0.6) is 5.75 Å². The van der Waals surface area contributed by atoms with Gasteiger partial charge in [0.2, 0.25) is 0 Å². The van der Waals surface area contributed by atoms with Crippen LogP contribution in [0.15, 0.2) is 18.2 Å². The number of phenols is 1. The summed E-state index contributed by atoms with van der Waals surface area (Å²) in [6.45, 7) is 1.48. The van der Waals surface area contributed by atoms with Gasteiger partial charge in [-0.3, -0.25) is 4.90 Å². The second-order valence-corrected chi connectivity index (χ2v) is 3.60. The molecule has 2 rings (SSSR count). The molecule has 0 fully saturated rings. The molecule has 1 aromatic carbocycles. The number of rotatable bonds is 0. The number of phenolic OH excluding ortho intramolecular Hbond substituents is 1. The smallest absolute Gasteiger partial charge is 0.115 e. The molecule has 3 nitrogen and oxygen atoms in total. The van der Waals surface area contributed by atoms with Crippen molar-refractivity contribution in [1.29, 1.82) is 0 Å². The lowest BCUT2D eigenvalue weighted by atomic mass is 9.97. The highest BCUT2D eigenvalue weighted by Gasteiger charge is 2.21. The Morgan fingerprint density at radius 3 is 3.00 bits per heavy atom. The Morgan fingerprint density at radius 2 is 2.23 bits per heavy atom. The summed E-state index contributed by atoms with van der Waals surface area (Å²) in [6, 6.07) is 5.17. The van der Waals surface area contributed by atoms with Crippen LogP contribution in [-0.4, -0.2) is 28.7 Å².